The number of methoxy groups -OCH3 is 3. The van der Waals surface area contributed by atoms with Crippen molar-refractivity contribution in [2.75, 3.05) is 21.3 Å². The van der Waals surface area contributed by atoms with E-state index in [1.807, 2.05) is 36.4 Å². The highest BCUT2D eigenvalue weighted by Gasteiger charge is 2.24. The number of hydrogen-bond donors (Lipinski definition) is 0. The first kappa shape index (κ1) is 19.3. The number of aromatic nitrogens is 1. The van der Waals surface area contributed by atoms with Crippen LogP contribution in [0.3, 0.4) is 0 Å². The van der Waals surface area contributed by atoms with Gasteiger partial charge in [-0.3, -0.25) is 4.79 Å². The van der Waals surface area contributed by atoms with Gasteiger partial charge >= 0.3 is 0 Å². The highest BCUT2D eigenvalue weighted by molar-refractivity contribution is 6.31. The highest BCUT2D eigenvalue weighted by Crippen LogP contribution is 2.35. The standard InChI is InChI=1S/C23H20ClNO4/c1-27-19-6-4-5-17-16(19)8-7-13(22(17)26)9-15-10-14-11-20(28-2)21(29-3)12-18(14)25-23(15)24/h4-6,9-12H,7-8H2,1-3H3/b13-9+. The third-order valence-electron chi connectivity index (χ3n) is 5.16. The first-order chi connectivity index (χ1) is 14.0. The van der Waals surface area contributed by atoms with E-state index in [9.17, 15) is 4.79 Å². The van der Waals surface area contributed by atoms with Gasteiger partial charge in [0.15, 0.2) is 17.3 Å². The number of ether oxygens (including phenoxy) is 3. The number of pyridine rings is 1. The van der Waals surface area contributed by atoms with Crippen molar-refractivity contribution in [3.63, 3.8) is 0 Å². The van der Waals surface area contributed by atoms with E-state index in [-0.39, 0.29) is 5.78 Å². The van der Waals surface area contributed by atoms with E-state index >= 15 is 0 Å². The monoisotopic (exact) mass is 409 g/mol. The summed E-state index contributed by atoms with van der Waals surface area (Å²) in [7, 11) is 4.78. The van der Waals surface area contributed by atoms with Gasteiger partial charge in [-0.1, -0.05) is 23.7 Å². The summed E-state index contributed by atoms with van der Waals surface area (Å²) >= 11 is 6.43. The number of hydrogen-bond acceptors (Lipinski definition) is 5. The molecular weight excluding hydrogens is 390 g/mol. The maximum Gasteiger partial charge on any atom is 0.189 e. The second-order valence-electron chi connectivity index (χ2n) is 6.75. The van der Waals surface area contributed by atoms with Crippen molar-refractivity contribution in [3.8, 4) is 17.2 Å². The summed E-state index contributed by atoms with van der Waals surface area (Å²) in [4.78, 5) is 17.5. The van der Waals surface area contributed by atoms with Crippen molar-refractivity contribution < 1.29 is 19.0 Å². The molecule has 0 saturated heterocycles. The third-order valence-corrected chi connectivity index (χ3v) is 5.47. The topological polar surface area (TPSA) is 57.7 Å². The minimum absolute atomic E-state index is 0.00590. The molecule has 2 aromatic carbocycles. The van der Waals surface area contributed by atoms with Crippen LogP contribution in [0.1, 0.15) is 27.9 Å². The Morgan fingerprint density at radius 1 is 0.966 bits per heavy atom. The van der Waals surface area contributed by atoms with Crippen LogP contribution in [-0.2, 0) is 6.42 Å². The summed E-state index contributed by atoms with van der Waals surface area (Å²) in [6.45, 7) is 0. The maximum absolute atomic E-state index is 13.0. The molecule has 1 aliphatic rings. The van der Waals surface area contributed by atoms with Gasteiger partial charge in [0.25, 0.3) is 0 Å². The minimum Gasteiger partial charge on any atom is -0.496 e. The van der Waals surface area contributed by atoms with E-state index < -0.39 is 0 Å². The maximum atomic E-state index is 13.0. The fourth-order valence-electron chi connectivity index (χ4n) is 3.69. The highest BCUT2D eigenvalue weighted by atomic mass is 35.5. The van der Waals surface area contributed by atoms with Crippen molar-refractivity contribution in [2.45, 2.75) is 12.8 Å². The molecule has 0 aliphatic heterocycles. The summed E-state index contributed by atoms with van der Waals surface area (Å²) in [6, 6.07) is 11.1. The molecule has 0 N–H and O–H groups in total. The number of nitrogens with zero attached hydrogens (tertiary/aromatic N) is 1. The molecular formula is C23H20ClNO4. The van der Waals surface area contributed by atoms with Crippen LogP contribution in [0, 0.1) is 0 Å². The third kappa shape index (κ3) is 3.42. The fraction of sp³-hybridized carbons (Fsp3) is 0.217. The van der Waals surface area contributed by atoms with Gasteiger partial charge in [0.1, 0.15) is 10.9 Å². The first-order valence-corrected chi connectivity index (χ1v) is 9.57. The van der Waals surface area contributed by atoms with Gasteiger partial charge in [0.2, 0.25) is 0 Å². The van der Waals surface area contributed by atoms with Crippen molar-refractivity contribution in [2.24, 2.45) is 0 Å². The second-order valence-corrected chi connectivity index (χ2v) is 7.11. The van der Waals surface area contributed by atoms with Gasteiger partial charge in [-0.2, -0.15) is 0 Å². The molecule has 5 nitrogen and oxygen atoms in total. The lowest BCUT2D eigenvalue weighted by Gasteiger charge is -2.20. The Morgan fingerprint density at radius 3 is 2.41 bits per heavy atom. The molecule has 1 aliphatic carbocycles. The Morgan fingerprint density at radius 2 is 1.69 bits per heavy atom. The van der Waals surface area contributed by atoms with Crippen LogP contribution in [0.4, 0.5) is 0 Å². The van der Waals surface area contributed by atoms with Crippen LogP contribution in [-0.4, -0.2) is 32.1 Å². The summed E-state index contributed by atoms with van der Waals surface area (Å²) in [5, 5.41) is 1.19. The number of Topliss-reactive ketones (excluding diaryl/α,β-unsaturated/α-hetero) is 1. The van der Waals surface area contributed by atoms with Crippen LogP contribution in [0.15, 0.2) is 42.0 Å². The second kappa shape index (κ2) is 7.76. The van der Waals surface area contributed by atoms with Crippen LogP contribution in [0.2, 0.25) is 5.15 Å². The molecule has 0 fully saturated rings. The summed E-state index contributed by atoms with van der Waals surface area (Å²) in [6.07, 6.45) is 3.18. The zero-order valence-electron chi connectivity index (χ0n) is 16.4. The number of carbonyl (C=O) groups is 1. The van der Waals surface area contributed by atoms with E-state index in [1.54, 1.807) is 27.4 Å². The first-order valence-electron chi connectivity index (χ1n) is 9.19. The molecule has 6 heteroatoms. The lowest BCUT2D eigenvalue weighted by atomic mass is 9.85. The molecule has 0 spiro atoms. The van der Waals surface area contributed by atoms with Gasteiger partial charge in [0.05, 0.1) is 26.8 Å². The number of halogens is 1. The van der Waals surface area contributed by atoms with Gasteiger partial charge in [-0.25, -0.2) is 4.98 Å². The van der Waals surface area contributed by atoms with Crippen LogP contribution >= 0.6 is 11.6 Å². The molecule has 0 unspecified atom stereocenters. The quantitative estimate of drug-likeness (QED) is 0.442. The zero-order valence-corrected chi connectivity index (χ0v) is 17.2. The van der Waals surface area contributed by atoms with E-state index in [0.717, 1.165) is 23.1 Å². The number of rotatable bonds is 4. The molecule has 4 rings (SSSR count). The SMILES string of the molecule is COc1cc2cc(/C=C3\CCc4c(OC)cccc4C3=O)c(Cl)nc2cc1OC. The molecule has 0 radical (unpaired) electrons. The average Bonchev–Trinajstić information content (AvgIpc) is 2.74. The molecule has 0 saturated carbocycles. The van der Waals surface area contributed by atoms with Crippen LogP contribution in [0.5, 0.6) is 17.2 Å². The van der Waals surface area contributed by atoms with Crippen LogP contribution in [0.25, 0.3) is 17.0 Å². The van der Waals surface area contributed by atoms with Crippen molar-refractivity contribution in [3.05, 3.63) is 63.8 Å². The van der Waals surface area contributed by atoms with Gasteiger partial charge in [-0.15, -0.1) is 0 Å². The Kier molecular flexibility index (Phi) is 5.16. The Balaban J connectivity index is 1.77. The lowest BCUT2D eigenvalue weighted by Crippen LogP contribution is -2.15. The van der Waals surface area contributed by atoms with Gasteiger partial charge in [0, 0.05) is 33.7 Å². The Hall–Kier alpha value is -3.05. The summed E-state index contributed by atoms with van der Waals surface area (Å²) in [5.74, 6) is 1.94. The summed E-state index contributed by atoms with van der Waals surface area (Å²) in [5.41, 5.74) is 3.73. The molecule has 0 amide bonds. The molecule has 0 atom stereocenters. The zero-order chi connectivity index (χ0) is 20.5. The van der Waals surface area contributed by atoms with E-state index in [2.05, 4.69) is 4.98 Å². The molecule has 1 heterocycles. The minimum atomic E-state index is -0.00590. The van der Waals surface area contributed by atoms with Crippen LogP contribution < -0.4 is 14.2 Å². The van der Waals surface area contributed by atoms with Crippen molar-refractivity contribution >= 4 is 34.4 Å². The molecule has 29 heavy (non-hydrogen) atoms. The summed E-state index contributed by atoms with van der Waals surface area (Å²) < 4.78 is 16.1. The van der Waals surface area contributed by atoms with E-state index in [4.69, 9.17) is 25.8 Å². The number of fused-ring (bicyclic) bond motifs is 2. The Bertz CT molecular complexity index is 1150. The van der Waals surface area contributed by atoms with Gasteiger partial charge in [-0.05, 0) is 37.1 Å². The molecule has 0 bridgehead atoms. The van der Waals surface area contributed by atoms with E-state index in [0.29, 0.717) is 45.3 Å². The van der Waals surface area contributed by atoms with Crippen molar-refractivity contribution in [1.29, 1.82) is 0 Å². The predicted molar refractivity (Wildman–Crippen MR) is 113 cm³/mol. The number of allylic oxidation sites excluding steroid dienone is 1. The van der Waals surface area contributed by atoms with E-state index in [1.165, 1.54) is 0 Å². The fourth-order valence-corrected chi connectivity index (χ4v) is 3.89. The number of carbonyl (C=O) groups excluding carboxylic acids is 1. The lowest BCUT2D eigenvalue weighted by molar-refractivity contribution is 0.102. The van der Waals surface area contributed by atoms with Gasteiger partial charge < -0.3 is 14.2 Å². The van der Waals surface area contributed by atoms with Crippen molar-refractivity contribution in [1.82, 2.24) is 4.98 Å². The predicted octanol–water partition coefficient (Wildman–Crippen LogP) is 5.13. The number of ketones is 1. The largest absolute Gasteiger partial charge is 0.496 e. The average molecular weight is 410 g/mol. The molecule has 3 aromatic rings. The molecule has 148 valence electrons. The Labute approximate surface area is 173 Å². The number of benzene rings is 2. The molecule has 1 aromatic heterocycles. The smallest absolute Gasteiger partial charge is 0.189 e. The normalized spacial score (nSPS) is 14.8.